The first-order chi connectivity index (χ1) is 12.5. The SMILES string of the molecule is CC(CC(=O)NCc1ccc(C(=O)NCC(N)=O)cc1)c1ccccc1. The quantitative estimate of drug-likeness (QED) is 0.673. The molecule has 1 unspecified atom stereocenters. The van der Waals surface area contributed by atoms with Gasteiger partial charge in [-0.2, -0.15) is 0 Å². The number of hydrogen-bond donors (Lipinski definition) is 3. The first-order valence-corrected chi connectivity index (χ1v) is 8.43. The lowest BCUT2D eigenvalue weighted by Gasteiger charge is -2.12. The number of nitrogens with one attached hydrogen (secondary N) is 2. The molecule has 4 N–H and O–H groups in total. The Bertz CT molecular complexity index is 758. The summed E-state index contributed by atoms with van der Waals surface area (Å²) in [7, 11) is 0. The topological polar surface area (TPSA) is 101 Å². The molecule has 136 valence electrons. The van der Waals surface area contributed by atoms with Gasteiger partial charge in [-0.25, -0.2) is 0 Å². The highest BCUT2D eigenvalue weighted by Crippen LogP contribution is 2.18. The first kappa shape index (κ1) is 19.2. The minimum absolute atomic E-state index is 0.0235. The van der Waals surface area contributed by atoms with Crippen LogP contribution in [0.3, 0.4) is 0 Å². The molecule has 0 bridgehead atoms. The molecule has 0 fully saturated rings. The Balaban J connectivity index is 1.81. The van der Waals surface area contributed by atoms with Gasteiger partial charge in [-0.15, -0.1) is 0 Å². The number of amides is 3. The molecule has 0 spiro atoms. The Morgan fingerprint density at radius 3 is 2.23 bits per heavy atom. The van der Waals surface area contributed by atoms with E-state index in [9.17, 15) is 14.4 Å². The van der Waals surface area contributed by atoms with Crippen LogP contribution in [0.5, 0.6) is 0 Å². The van der Waals surface area contributed by atoms with Crippen molar-refractivity contribution in [2.24, 2.45) is 5.73 Å². The van der Waals surface area contributed by atoms with Gasteiger partial charge in [-0.1, -0.05) is 49.4 Å². The van der Waals surface area contributed by atoms with Gasteiger partial charge in [0, 0.05) is 18.5 Å². The molecule has 0 radical (unpaired) electrons. The van der Waals surface area contributed by atoms with Crippen LogP contribution < -0.4 is 16.4 Å². The molecule has 26 heavy (non-hydrogen) atoms. The highest BCUT2D eigenvalue weighted by atomic mass is 16.2. The van der Waals surface area contributed by atoms with E-state index in [2.05, 4.69) is 10.6 Å². The molecule has 3 amide bonds. The van der Waals surface area contributed by atoms with Crippen LogP contribution in [0, 0.1) is 0 Å². The fourth-order valence-corrected chi connectivity index (χ4v) is 2.49. The summed E-state index contributed by atoms with van der Waals surface area (Å²) in [6, 6.07) is 16.7. The lowest BCUT2D eigenvalue weighted by atomic mass is 9.97. The molecule has 2 aromatic carbocycles. The van der Waals surface area contributed by atoms with Gasteiger partial charge >= 0.3 is 0 Å². The van der Waals surface area contributed by atoms with Crippen molar-refractivity contribution in [1.29, 1.82) is 0 Å². The summed E-state index contributed by atoms with van der Waals surface area (Å²) >= 11 is 0. The van der Waals surface area contributed by atoms with E-state index in [4.69, 9.17) is 5.73 Å². The van der Waals surface area contributed by atoms with E-state index in [1.807, 2.05) is 37.3 Å². The highest BCUT2D eigenvalue weighted by Gasteiger charge is 2.11. The van der Waals surface area contributed by atoms with Gasteiger partial charge in [0.2, 0.25) is 11.8 Å². The molecule has 1 atom stereocenters. The number of carbonyl (C=O) groups is 3. The summed E-state index contributed by atoms with van der Waals surface area (Å²) in [6.45, 7) is 2.22. The van der Waals surface area contributed by atoms with E-state index in [1.165, 1.54) is 0 Å². The summed E-state index contributed by atoms with van der Waals surface area (Å²) in [5, 5.41) is 5.31. The number of benzene rings is 2. The zero-order chi connectivity index (χ0) is 18.9. The van der Waals surface area contributed by atoms with Gasteiger partial charge in [-0.3, -0.25) is 14.4 Å². The Morgan fingerprint density at radius 2 is 1.62 bits per heavy atom. The van der Waals surface area contributed by atoms with Crippen molar-refractivity contribution >= 4 is 17.7 Å². The zero-order valence-corrected chi connectivity index (χ0v) is 14.7. The van der Waals surface area contributed by atoms with Crippen molar-refractivity contribution in [2.45, 2.75) is 25.8 Å². The van der Waals surface area contributed by atoms with Crippen LogP contribution in [-0.4, -0.2) is 24.3 Å². The molecule has 6 heteroatoms. The Morgan fingerprint density at radius 1 is 0.962 bits per heavy atom. The summed E-state index contributed by atoms with van der Waals surface area (Å²) in [4.78, 5) is 34.6. The molecular weight excluding hydrogens is 330 g/mol. The normalized spacial score (nSPS) is 11.4. The van der Waals surface area contributed by atoms with Crippen LogP contribution >= 0.6 is 0 Å². The lowest BCUT2D eigenvalue weighted by Crippen LogP contribution is -2.33. The monoisotopic (exact) mass is 353 g/mol. The molecule has 0 aliphatic carbocycles. The molecule has 0 heterocycles. The van der Waals surface area contributed by atoms with Gasteiger partial charge in [0.1, 0.15) is 0 Å². The van der Waals surface area contributed by atoms with E-state index < -0.39 is 5.91 Å². The maximum atomic E-state index is 12.1. The predicted octanol–water partition coefficient (Wildman–Crippen LogP) is 1.71. The van der Waals surface area contributed by atoms with Crippen LogP contribution in [0.2, 0.25) is 0 Å². The van der Waals surface area contributed by atoms with Crippen molar-refractivity contribution in [3.05, 3.63) is 71.3 Å². The smallest absolute Gasteiger partial charge is 0.251 e. The van der Waals surface area contributed by atoms with Crippen molar-refractivity contribution in [2.75, 3.05) is 6.54 Å². The third-order valence-electron chi connectivity index (χ3n) is 3.99. The number of hydrogen-bond acceptors (Lipinski definition) is 3. The Kier molecular flexibility index (Phi) is 6.91. The van der Waals surface area contributed by atoms with E-state index in [0.717, 1.165) is 11.1 Å². The maximum absolute atomic E-state index is 12.1. The van der Waals surface area contributed by atoms with Crippen LogP contribution in [0.25, 0.3) is 0 Å². The number of primary amides is 1. The second-order valence-electron chi connectivity index (χ2n) is 6.14. The summed E-state index contributed by atoms with van der Waals surface area (Å²) in [6.07, 6.45) is 0.414. The van der Waals surface area contributed by atoms with Crippen LogP contribution in [-0.2, 0) is 16.1 Å². The third kappa shape index (κ3) is 6.05. The molecule has 0 saturated carbocycles. The summed E-state index contributed by atoms with van der Waals surface area (Å²) in [5.41, 5.74) is 7.44. The maximum Gasteiger partial charge on any atom is 0.251 e. The zero-order valence-electron chi connectivity index (χ0n) is 14.7. The van der Waals surface area contributed by atoms with E-state index >= 15 is 0 Å². The highest BCUT2D eigenvalue weighted by molar-refractivity contribution is 5.96. The fraction of sp³-hybridized carbons (Fsp3) is 0.250. The molecule has 0 aromatic heterocycles. The van der Waals surface area contributed by atoms with Crippen molar-refractivity contribution in [1.82, 2.24) is 10.6 Å². The van der Waals surface area contributed by atoms with Gasteiger partial charge in [0.25, 0.3) is 5.91 Å². The molecule has 0 saturated heterocycles. The molecule has 0 aliphatic rings. The van der Waals surface area contributed by atoms with Crippen molar-refractivity contribution < 1.29 is 14.4 Å². The second-order valence-corrected chi connectivity index (χ2v) is 6.14. The summed E-state index contributed by atoms with van der Waals surface area (Å²) in [5.74, 6) is -0.837. The second kappa shape index (κ2) is 9.36. The molecule has 0 aliphatic heterocycles. The Labute approximate surface area is 152 Å². The largest absolute Gasteiger partial charge is 0.368 e. The van der Waals surface area contributed by atoms with E-state index in [-0.39, 0.29) is 24.3 Å². The van der Waals surface area contributed by atoms with Crippen LogP contribution in [0.4, 0.5) is 0 Å². The standard InChI is InChI=1S/C20H23N3O3/c1-14(16-5-3-2-4-6-16)11-19(25)22-12-15-7-9-17(10-8-15)20(26)23-13-18(21)24/h2-10,14H,11-13H2,1H3,(H2,21,24)(H,22,25)(H,23,26). The predicted molar refractivity (Wildman–Crippen MR) is 99.3 cm³/mol. The fourth-order valence-electron chi connectivity index (χ4n) is 2.49. The summed E-state index contributed by atoms with van der Waals surface area (Å²) < 4.78 is 0. The number of nitrogens with two attached hydrogens (primary N) is 1. The van der Waals surface area contributed by atoms with Gasteiger partial charge in [-0.05, 0) is 29.2 Å². The molecule has 2 rings (SSSR count). The first-order valence-electron chi connectivity index (χ1n) is 8.43. The Hall–Kier alpha value is -3.15. The minimum atomic E-state index is -0.595. The van der Waals surface area contributed by atoms with E-state index in [1.54, 1.807) is 24.3 Å². The molecule has 2 aromatic rings. The molecule has 6 nitrogen and oxygen atoms in total. The van der Waals surface area contributed by atoms with Crippen molar-refractivity contribution in [3.63, 3.8) is 0 Å². The van der Waals surface area contributed by atoms with Gasteiger partial charge in [0.15, 0.2) is 0 Å². The minimum Gasteiger partial charge on any atom is -0.368 e. The van der Waals surface area contributed by atoms with E-state index in [0.29, 0.717) is 18.5 Å². The third-order valence-corrected chi connectivity index (χ3v) is 3.99. The van der Waals surface area contributed by atoms with Crippen LogP contribution in [0.15, 0.2) is 54.6 Å². The number of rotatable bonds is 8. The van der Waals surface area contributed by atoms with Crippen LogP contribution in [0.1, 0.15) is 40.7 Å². The average Bonchev–Trinajstić information content (AvgIpc) is 2.65. The van der Waals surface area contributed by atoms with Gasteiger partial charge < -0.3 is 16.4 Å². The molecular formula is C20H23N3O3. The van der Waals surface area contributed by atoms with Gasteiger partial charge in [0.05, 0.1) is 6.54 Å². The van der Waals surface area contributed by atoms with Crippen molar-refractivity contribution in [3.8, 4) is 0 Å². The lowest BCUT2D eigenvalue weighted by molar-refractivity contribution is -0.121. The number of carbonyl (C=O) groups excluding carboxylic acids is 3. The average molecular weight is 353 g/mol.